The van der Waals surface area contributed by atoms with Gasteiger partial charge >= 0.3 is 0 Å². The van der Waals surface area contributed by atoms with Crippen LogP contribution in [0.3, 0.4) is 0 Å². The van der Waals surface area contributed by atoms with E-state index in [1.54, 1.807) is 12.1 Å². The van der Waals surface area contributed by atoms with Crippen molar-refractivity contribution < 1.29 is 8.42 Å². The lowest BCUT2D eigenvalue weighted by Crippen LogP contribution is -2.22. The van der Waals surface area contributed by atoms with Crippen molar-refractivity contribution in [3.63, 3.8) is 0 Å². The molecule has 0 spiro atoms. The molecule has 2 N–H and O–H groups in total. The van der Waals surface area contributed by atoms with Crippen LogP contribution in [0, 0.1) is 13.8 Å². The molecule has 0 fully saturated rings. The first kappa shape index (κ1) is 16.0. The first-order valence-electron chi connectivity index (χ1n) is 6.60. The maximum Gasteiger partial charge on any atom is 0.180 e. The molecule has 2 aromatic rings. The van der Waals surface area contributed by atoms with Crippen molar-refractivity contribution in [3.8, 4) is 0 Å². The fourth-order valence-electron chi connectivity index (χ4n) is 2.07. The molecule has 5 heteroatoms. The van der Waals surface area contributed by atoms with Gasteiger partial charge in [0.15, 0.2) is 9.84 Å². The summed E-state index contributed by atoms with van der Waals surface area (Å²) in [6.45, 7) is 3.99. The number of hydrogen-bond donors (Lipinski definition) is 1. The predicted octanol–water partition coefficient (Wildman–Crippen LogP) is 3.43. The second kappa shape index (κ2) is 6.18. The average Bonchev–Trinajstić information content (AvgIpc) is 2.41. The largest absolute Gasteiger partial charge is 0.323 e. The molecule has 0 saturated heterocycles. The lowest BCUT2D eigenvalue weighted by Gasteiger charge is -2.14. The molecular formula is C16H18ClNO2S. The molecule has 0 heterocycles. The second-order valence-electron chi connectivity index (χ2n) is 5.19. The monoisotopic (exact) mass is 323 g/mol. The van der Waals surface area contributed by atoms with Gasteiger partial charge in [0.1, 0.15) is 0 Å². The highest BCUT2D eigenvalue weighted by molar-refractivity contribution is 7.91. The zero-order valence-corrected chi connectivity index (χ0v) is 13.6. The number of nitrogens with two attached hydrogens (primary N) is 1. The highest BCUT2D eigenvalue weighted by Crippen LogP contribution is 2.21. The number of sulfone groups is 1. The zero-order chi connectivity index (χ0) is 15.6. The molecule has 0 radical (unpaired) electrons. The van der Waals surface area contributed by atoms with Crippen LogP contribution in [0.1, 0.15) is 22.7 Å². The summed E-state index contributed by atoms with van der Waals surface area (Å²) >= 11 is 5.78. The molecule has 112 valence electrons. The summed E-state index contributed by atoms with van der Waals surface area (Å²) in [5.74, 6) is -0.128. The number of hydrogen-bond acceptors (Lipinski definition) is 3. The van der Waals surface area contributed by atoms with Gasteiger partial charge in [-0.3, -0.25) is 0 Å². The van der Waals surface area contributed by atoms with Crippen molar-refractivity contribution in [2.45, 2.75) is 24.8 Å². The van der Waals surface area contributed by atoms with Gasteiger partial charge < -0.3 is 5.73 Å². The van der Waals surface area contributed by atoms with Gasteiger partial charge in [-0.25, -0.2) is 8.42 Å². The Morgan fingerprint density at radius 2 is 1.67 bits per heavy atom. The summed E-state index contributed by atoms with van der Waals surface area (Å²) in [6, 6.07) is 11.4. The third kappa shape index (κ3) is 3.84. The van der Waals surface area contributed by atoms with Crippen molar-refractivity contribution in [1.29, 1.82) is 0 Å². The SMILES string of the molecule is Cc1ccc(C(N)CS(=O)(=O)c2ccc(Cl)cc2)cc1C. The van der Waals surface area contributed by atoms with E-state index in [1.807, 2.05) is 32.0 Å². The summed E-state index contributed by atoms with van der Waals surface area (Å²) in [6.07, 6.45) is 0. The standard InChI is InChI=1S/C16H18ClNO2S/c1-11-3-4-13(9-12(11)2)16(18)10-21(19,20)15-7-5-14(17)6-8-15/h3-9,16H,10,18H2,1-2H3. The van der Waals surface area contributed by atoms with Gasteiger partial charge in [0.25, 0.3) is 0 Å². The molecular weight excluding hydrogens is 306 g/mol. The van der Waals surface area contributed by atoms with Crippen molar-refractivity contribution >= 4 is 21.4 Å². The van der Waals surface area contributed by atoms with Crippen LogP contribution in [0.15, 0.2) is 47.4 Å². The highest BCUT2D eigenvalue weighted by atomic mass is 35.5. The van der Waals surface area contributed by atoms with E-state index >= 15 is 0 Å². The van der Waals surface area contributed by atoms with E-state index in [-0.39, 0.29) is 10.6 Å². The lowest BCUT2D eigenvalue weighted by atomic mass is 10.0. The Morgan fingerprint density at radius 3 is 2.24 bits per heavy atom. The van der Waals surface area contributed by atoms with Gasteiger partial charge in [-0.2, -0.15) is 0 Å². The number of benzene rings is 2. The van der Waals surface area contributed by atoms with E-state index in [0.29, 0.717) is 5.02 Å². The molecule has 1 unspecified atom stereocenters. The molecule has 0 amide bonds. The molecule has 0 aliphatic rings. The van der Waals surface area contributed by atoms with E-state index in [1.165, 1.54) is 12.1 Å². The van der Waals surface area contributed by atoms with Crippen molar-refractivity contribution in [2.24, 2.45) is 5.73 Å². The van der Waals surface area contributed by atoms with E-state index < -0.39 is 15.9 Å². The van der Waals surface area contributed by atoms with E-state index in [9.17, 15) is 8.42 Å². The molecule has 0 aliphatic heterocycles. The minimum absolute atomic E-state index is 0.128. The first-order valence-corrected chi connectivity index (χ1v) is 8.64. The van der Waals surface area contributed by atoms with Crippen LogP contribution in [-0.2, 0) is 9.84 Å². The summed E-state index contributed by atoms with van der Waals surface area (Å²) in [7, 11) is -3.43. The maximum atomic E-state index is 12.4. The summed E-state index contributed by atoms with van der Waals surface area (Å²) < 4.78 is 24.7. The number of halogens is 1. The fraction of sp³-hybridized carbons (Fsp3) is 0.250. The van der Waals surface area contributed by atoms with Gasteiger partial charge in [0.2, 0.25) is 0 Å². The molecule has 0 saturated carbocycles. The van der Waals surface area contributed by atoms with Gasteiger partial charge in [0.05, 0.1) is 10.6 Å². The Bertz CT molecular complexity index is 739. The number of rotatable bonds is 4. The third-order valence-electron chi connectivity index (χ3n) is 3.53. The van der Waals surface area contributed by atoms with Gasteiger partial charge in [-0.15, -0.1) is 0 Å². The Labute approximate surface area is 130 Å². The van der Waals surface area contributed by atoms with E-state index in [0.717, 1.165) is 16.7 Å². The van der Waals surface area contributed by atoms with Crippen LogP contribution in [0.5, 0.6) is 0 Å². The summed E-state index contributed by atoms with van der Waals surface area (Å²) in [5, 5.41) is 0.507. The minimum Gasteiger partial charge on any atom is -0.323 e. The third-order valence-corrected chi connectivity index (χ3v) is 5.57. The van der Waals surface area contributed by atoms with Gasteiger partial charge in [-0.05, 0) is 54.8 Å². The molecule has 3 nitrogen and oxygen atoms in total. The summed E-state index contributed by atoms with van der Waals surface area (Å²) in [4.78, 5) is 0.242. The van der Waals surface area contributed by atoms with E-state index in [4.69, 9.17) is 17.3 Å². The fourth-order valence-corrected chi connectivity index (χ4v) is 3.60. The number of aryl methyl sites for hydroxylation is 2. The Morgan fingerprint density at radius 1 is 1.05 bits per heavy atom. The van der Waals surface area contributed by atoms with Crippen LogP contribution < -0.4 is 5.73 Å². The molecule has 2 aromatic carbocycles. The second-order valence-corrected chi connectivity index (χ2v) is 7.66. The van der Waals surface area contributed by atoms with Crippen LogP contribution in [0.4, 0.5) is 0 Å². The smallest absolute Gasteiger partial charge is 0.180 e. The van der Waals surface area contributed by atoms with Crippen LogP contribution in [0.2, 0.25) is 5.02 Å². The normalized spacial score (nSPS) is 13.1. The minimum atomic E-state index is -3.43. The maximum absolute atomic E-state index is 12.4. The predicted molar refractivity (Wildman–Crippen MR) is 86.3 cm³/mol. The molecule has 0 aliphatic carbocycles. The zero-order valence-electron chi connectivity index (χ0n) is 12.0. The molecule has 2 rings (SSSR count). The van der Waals surface area contributed by atoms with Crippen LogP contribution >= 0.6 is 11.6 Å². The molecule has 0 aromatic heterocycles. The average molecular weight is 324 g/mol. The Hall–Kier alpha value is -1.36. The highest BCUT2D eigenvalue weighted by Gasteiger charge is 2.20. The molecule has 1 atom stereocenters. The van der Waals surface area contributed by atoms with E-state index in [2.05, 4.69) is 0 Å². The van der Waals surface area contributed by atoms with Crippen molar-refractivity contribution in [1.82, 2.24) is 0 Å². The lowest BCUT2D eigenvalue weighted by molar-refractivity contribution is 0.589. The first-order chi connectivity index (χ1) is 9.79. The van der Waals surface area contributed by atoms with Crippen LogP contribution in [0.25, 0.3) is 0 Å². The van der Waals surface area contributed by atoms with Crippen molar-refractivity contribution in [2.75, 3.05) is 5.75 Å². The molecule has 0 bridgehead atoms. The molecule has 21 heavy (non-hydrogen) atoms. The topological polar surface area (TPSA) is 60.2 Å². The Balaban J connectivity index is 2.23. The van der Waals surface area contributed by atoms with Crippen LogP contribution in [-0.4, -0.2) is 14.2 Å². The summed E-state index contributed by atoms with van der Waals surface area (Å²) in [5.41, 5.74) is 9.15. The van der Waals surface area contributed by atoms with Gasteiger partial charge in [0, 0.05) is 11.1 Å². The Kier molecular flexibility index (Phi) is 4.71. The quantitative estimate of drug-likeness (QED) is 0.937. The van der Waals surface area contributed by atoms with Gasteiger partial charge in [-0.1, -0.05) is 29.8 Å². The van der Waals surface area contributed by atoms with Crippen molar-refractivity contribution in [3.05, 3.63) is 64.2 Å².